The van der Waals surface area contributed by atoms with Gasteiger partial charge in [-0.2, -0.15) is 0 Å². The molecule has 100 valence electrons. The number of likely N-dealkylation sites (N-methyl/N-ethyl adjacent to an activating group) is 1. The van der Waals surface area contributed by atoms with Crippen molar-refractivity contribution < 1.29 is 0 Å². The molecule has 2 unspecified atom stereocenters. The van der Waals surface area contributed by atoms with Crippen molar-refractivity contribution in [3.8, 4) is 0 Å². The quantitative estimate of drug-likeness (QED) is 0.919. The first-order valence-corrected chi connectivity index (χ1v) is 7.64. The molecule has 0 saturated carbocycles. The third-order valence-electron chi connectivity index (χ3n) is 3.93. The van der Waals surface area contributed by atoms with E-state index in [9.17, 15) is 0 Å². The van der Waals surface area contributed by atoms with Gasteiger partial charge in [0.2, 0.25) is 0 Å². The van der Waals surface area contributed by atoms with E-state index in [2.05, 4.69) is 64.4 Å². The predicted molar refractivity (Wildman–Crippen MR) is 81.0 cm³/mol. The summed E-state index contributed by atoms with van der Waals surface area (Å²) in [5.41, 5.74) is 1.43. The molecule has 0 bridgehead atoms. The Hall–Kier alpha value is -0.380. The van der Waals surface area contributed by atoms with Crippen LogP contribution in [0, 0.1) is 0 Å². The number of hydrogen-bond acceptors (Lipinski definition) is 2. The van der Waals surface area contributed by atoms with Gasteiger partial charge in [-0.25, -0.2) is 0 Å². The minimum Gasteiger partial charge on any atom is -0.316 e. The first-order valence-electron chi connectivity index (χ1n) is 6.85. The molecule has 0 aliphatic carbocycles. The number of hydrogen-bond donors (Lipinski definition) is 1. The highest BCUT2D eigenvalue weighted by Crippen LogP contribution is 2.17. The van der Waals surface area contributed by atoms with E-state index in [-0.39, 0.29) is 0 Å². The van der Waals surface area contributed by atoms with Gasteiger partial charge in [0, 0.05) is 23.1 Å². The minimum atomic E-state index is 0.627. The van der Waals surface area contributed by atoms with Gasteiger partial charge < -0.3 is 5.32 Å². The van der Waals surface area contributed by atoms with Crippen LogP contribution in [0.2, 0.25) is 0 Å². The molecule has 0 spiro atoms. The summed E-state index contributed by atoms with van der Waals surface area (Å²) in [4.78, 5) is 2.62. The summed E-state index contributed by atoms with van der Waals surface area (Å²) in [5.74, 6) is 0. The summed E-state index contributed by atoms with van der Waals surface area (Å²) in [7, 11) is 2.08. The number of rotatable bonds is 4. The van der Waals surface area contributed by atoms with E-state index in [4.69, 9.17) is 0 Å². The average molecular weight is 311 g/mol. The van der Waals surface area contributed by atoms with Crippen molar-refractivity contribution in [3.63, 3.8) is 0 Å². The Morgan fingerprint density at radius 2 is 2.11 bits per heavy atom. The highest BCUT2D eigenvalue weighted by atomic mass is 79.9. The van der Waals surface area contributed by atoms with Crippen LogP contribution in [-0.4, -0.2) is 37.1 Å². The van der Waals surface area contributed by atoms with E-state index in [1.54, 1.807) is 0 Å². The van der Waals surface area contributed by atoms with Gasteiger partial charge in [-0.05, 0) is 57.5 Å². The third kappa shape index (κ3) is 3.81. The minimum absolute atomic E-state index is 0.627. The molecule has 1 fully saturated rings. The summed E-state index contributed by atoms with van der Waals surface area (Å²) in [5, 5.41) is 3.41. The van der Waals surface area contributed by atoms with Crippen molar-refractivity contribution >= 4 is 15.9 Å². The van der Waals surface area contributed by atoms with E-state index in [1.807, 2.05) is 0 Å². The number of halogens is 1. The fraction of sp³-hybridized carbons (Fsp3) is 0.600. The van der Waals surface area contributed by atoms with Crippen LogP contribution >= 0.6 is 15.9 Å². The second-order valence-electron chi connectivity index (χ2n) is 5.30. The summed E-state index contributed by atoms with van der Waals surface area (Å²) < 4.78 is 1.16. The molecule has 1 heterocycles. The second kappa shape index (κ2) is 6.69. The summed E-state index contributed by atoms with van der Waals surface area (Å²) in [6.45, 7) is 4.78. The van der Waals surface area contributed by atoms with Gasteiger partial charge >= 0.3 is 0 Å². The molecule has 1 saturated heterocycles. The molecular formula is C15H23BrN2. The lowest BCUT2D eigenvalue weighted by molar-refractivity contribution is 0.148. The van der Waals surface area contributed by atoms with Gasteiger partial charge in [-0.15, -0.1) is 0 Å². The molecule has 2 nitrogen and oxygen atoms in total. The van der Waals surface area contributed by atoms with Crippen LogP contribution in [0.5, 0.6) is 0 Å². The first kappa shape index (κ1) is 14.0. The van der Waals surface area contributed by atoms with E-state index in [0.29, 0.717) is 12.1 Å². The highest BCUT2D eigenvalue weighted by molar-refractivity contribution is 9.10. The van der Waals surface area contributed by atoms with Crippen LogP contribution in [0.4, 0.5) is 0 Å². The molecule has 2 atom stereocenters. The van der Waals surface area contributed by atoms with Crippen molar-refractivity contribution in [3.05, 3.63) is 34.3 Å². The van der Waals surface area contributed by atoms with Crippen LogP contribution < -0.4 is 5.32 Å². The molecule has 0 aromatic heterocycles. The Kier molecular flexibility index (Phi) is 5.22. The smallest absolute Gasteiger partial charge is 0.0192 e. The van der Waals surface area contributed by atoms with Gasteiger partial charge in [-0.3, -0.25) is 4.90 Å². The Bertz CT molecular complexity index is 363. The molecular weight excluding hydrogens is 288 g/mol. The third-order valence-corrected chi connectivity index (χ3v) is 4.46. The fourth-order valence-corrected chi connectivity index (χ4v) is 3.00. The van der Waals surface area contributed by atoms with Gasteiger partial charge in [0.15, 0.2) is 0 Å². The normalized spacial score (nSPS) is 22.9. The molecule has 1 N–H and O–H groups in total. The number of likely N-dealkylation sites (tertiary alicyclic amines) is 1. The maximum Gasteiger partial charge on any atom is 0.0192 e. The lowest BCUT2D eigenvalue weighted by Gasteiger charge is -2.36. The zero-order valence-electron chi connectivity index (χ0n) is 11.3. The van der Waals surface area contributed by atoms with E-state index < -0.39 is 0 Å². The molecule has 0 radical (unpaired) electrons. The summed E-state index contributed by atoms with van der Waals surface area (Å²) in [6, 6.07) is 10.0. The van der Waals surface area contributed by atoms with Gasteiger partial charge in [0.1, 0.15) is 0 Å². The van der Waals surface area contributed by atoms with E-state index >= 15 is 0 Å². The molecule has 3 heteroatoms. The van der Waals surface area contributed by atoms with Crippen molar-refractivity contribution in [2.45, 2.75) is 38.3 Å². The number of benzene rings is 1. The Morgan fingerprint density at radius 1 is 1.39 bits per heavy atom. The zero-order chi connectivity index (χ0) is 13.0. The van der Waals surface area contributed by atoms with E-state index in [0.717, 1.165) is 10.9 Å². The topological polar surface area (TPSA) is 15.3 Å². The van der Waals surface area contributed by atoms with Crippen LogP contribution in [0.25, 0.3) is 0 Å². The molecule has 1 aromatic rings. The van der Waals surface area contributed by atoms with Crippen molar-refractivity contribution in [1.82, 2.24) is 10.2 Å². The SMILES string of the molecule is CNC1CCCN(C(C)Cc2ccc(Br)cc2)C1. The molecule has 1 aromatic carbocycles. The number of nitrogens with zero attached hydrogens (tertiary/aromatic N) is 1. The monoisotopic (exact) mass is 310 g/mol. The van der Waals surface area contributed by atoms with Crippen LogP contribution in [-0.2, 0) is 6.42 Å². The molecule has 1 aliphatic rings. The van der Waals surface area contributed by atoms with Crippen molar-refractivity contribution in [2.24, 2.45) is 0 Å². The maximum absolute atomic E-state index is 3.49. The largest absolute Gasteiger partial charge is 0.316 e. The molecule has 18 heavy (non-hydrogen) atoms. The van der Waals surface area contributed by atoms with Crippen molar-refractivity contribution in [1.29, 1.82) is 0 Å². The Labute approximate surface area is 119 Å². The molecule has 2 rings (SSSR count). The van der Waals surface area contributed by atoms with Gasteiger partial charge in [-0.1, -0.05) is 28.1 Å². The fourth-order valence-electron chi connectivity index (χ4n) is 2.73. The standard InChI is InChI=1S/C15H23BrN2/c1-12(10-13-5-7-14(16)8-6-13)18-9-3-4-15(11-18)17-2/h5-8,12,15,17H,3-4,9-11H2,1-2H3. The van der Waals surface area contributed by atoms with Gasteiger partial charge in [0.05, 0.1) is 0 Å². The first-order chi connectivity index (χ1) is 8.69. The predicted octanol–water partition coefficient (Wildman–Crippen LogP) is 3.06. The molecule has 1 aliphatic heterocycles. The van der Waals surface area contributed by atoms with Crippen molar-refractivity contribution in [2.75, 3.05) is 20.1 Å². The van der Waals surface area contributed by atoms with Crippen LogP contribution in [0.15, 0.2) is 28.7 Å². The Morgan fingerprint density at radius 3 is 2.78 bits per heavy atom. The Balaban J connectivity index is 1.90. The average Bonchev–Trinajstić information content (AvgIpc) is 2.41. The van der Waals surface area contributed by atoms with Crippen LogP contribution in [0.3, 0.4) is 0 Å². The number of nitrogens with one attached hydrogen (secondary N) is 1. The summed E-state index contributed by atoms with van der Waals surface area (Å²) in [6.07, 6.45) is 3.78. The maximum atomic E-state index is 3.49. The van der Waals surface area contributed by atoms with Gasteiger partial charge in [0.25, 0.3) is 0 Å². The van der Waals surface area contributed by atoms with E-state index in [1.165, 1.54) is 31.5 Å². The highest BCUT2D eigenvalue weighted by Gasteiger charge is 2.22. The number of piperidine rings is 1. The second-order valence-corrected chi connectivity index (χ2v) is 6.22. The lowest BCUT2D eigenvalue weighted by atomic mass is 10.0. The lowest BCUT2D eigenvalue weighted by Crippen LogP contribution is -2.48. The molecule has 0 amide bonds. The van der Waals surface area contributed by atoms with Crippen LogP contribution in [0.1, 0.15) is 25.3 Å². The zero-order valence-corrected chi connectivity index (χ0v) is 12.9. The summed E-state index contributed by atoms with van der Waals surface area (Å²) >= 11 is 3.49.